The number of benzene rings is 3. The number of aromatic amines is 1. The number of aliphatic hydroxyl groups is 1. The highest BCUT2D eigenvalue weighted by molar-refractivity contribution is 7.99. The number of aliphatic hydroxyl groups excluding tert-OH is 1. The van der Waals surface area contributed by atoms with Crippen LogP contribution < -0.4 is 10.6 Å². The molecule has 1 aliphatic rings. The van der Waals surface area contributed by atoms with Crippen LogP contribution in [0.25, 0.3) is 11.1 Å². The zero-order chi connectivity index (χ0) is 28.6. The molecule has 1 saturated heterocycles. The maximum Gasteiger partial charge on any atom is 0.315 e. The fourth-order valence-corrected chi connectivity index (χ4v) is 5.78. The molecule has 4 unspecified atom stereocenters. The molecule has 4 atom stereocenters. The van der Waals surface area contributed by atoms with Gasteiger partial charge in [-0.15, -0.1) is 0 Å². The number of ether oxygens (including phenoxy) is 2. The van der Waals surface area contributed by atoms with E-state index in [0.717, 1.165) is 38.5 Å². The number of carbonyl (C=O) groups excluding carboxylic acids is 1. The molecule has 1 aliphatic heterocycles. The molecule has 1 aromatic heterocycles. The van der Waals surface area contributed by atoms with Crippen molar-refractivity contribution in [2.75, 3.05) is 12.3 Å². The van der Waals surface area contributed by atoms with Crippen LogP contribution in [0.2, 0.25) is 0 Å². The van der Waals surface area contributed by atoms with E-state index in [2.05, 4.69) is 57.0 Å². The van der Waals surface area contributed by atoms with Crippen molar-refractivity contribution >= 4 is 17.8 Å². The molecule has 4 N–H and O–H groups in total. The Morgan fingerprint density at radius 2 is 1.76 bits per heavy atom. The number of urea groups is 1. The predicted octanol–water partition coefficient (Wildman–Crippen LogP) is 5.37. The number of aromatic nitrogens is 3. The largest absolute Gasteiger partial charge is 0.392 e. The van der Waals surface area contributed by atoms with Gasteiger partial charge in [0, 0.05) is 30.3 Å². The molecule has 5 rings (SSSR count). The molecule has 3 aromatic carbocycles. The lowest BCUT2D eigenvalue weighted by atomic mass is 9.91. The highest BCUT2D eigenvalue weighted by Crippen LogP contribution is 2.43. The minimum Gasteiger partial charge on any atom is -0.392 e. The Morgan fingerprint density at radius 3 is 2.46 bits per heavy atom. The zero-order valence-corrected chi connectivity index (χ0v) is 23.9. The van der Waals surface area contributed by atoms with Crippen LogP contribution in [0, 0.1) is 5.92 Å². The Labute approximate surface area is 244 Å². The molecule has 4 aromatic rings. The topological polar surface area (TPSA) is 121 Å². The van der Waals surface area contributed by atoms with Gasteiger partial charge in [-0.1, -0.05) is 85.4 Å². The van der Waals surface area contributed by atoms with Crippen molar-refractivity contribution in [2.45, 2.75) is 50.7 Å². The highest BCUT2D eigenvalue weighted by Gasteiger charge is 2.38. The van der Waals surface area contributed by atoms with E-state index in [1.165, 1.54) is 6.33 Å². The lowest BCUT2D eigenvalue weighted by molar-refractivity contribution is -0.268. The molecule has 0 saturated carbocycles. The first-order valence-electron chi connectivity index (χ1n) is 13.7. The third-order valence-corrected chi connectivity index (χ3v) is 8.10. The third kappa shape index (κ3) is 7.34. The van der Waals surface area contributed by atoms with Gasteiger partial charge in [-0.3, -0.25) is 5.10 Å². The second kappa shape index (κ2) is 13.8. The fourth-order valence-electron chi connectivity index (χ4n) is 4.83. The van der Waals surface area contributed by atoms with Crippen molar-refractivity contribution in [2.24, 2.45) is 5.92 Å². The number of amides is 2. The van der Waals surface area contributed by atoms with E-state index in [9.17, 15) is 9.90 Å². The van der Waals surface area contributed by atoms with Crippen molar-refractivity contribution in [3.05, 3.63) is 101 Å². The van der Waals surface area contributed by atoms with Gasteiger partial charge in [-0.2, -0.15) is 5.10 Å². The summed E-state index contributed by atoms with van der Waals surface area (Å²) in [7, 11) is 0. The smallest absolute Gasteiger partial charge is 0.315 e. The summed E-state index contributed by atoms with van der Waals surface area (Å²) >= 11 is 1.57. The summed E-state index contributed by atoms with van der Waals surface area (Å²) in [6.07, 6.45) is 0.674. The molecular weight excluding hydrogens is 538 g/mol. The zero-order valence-electron chi connectivity index (χ0n) is 23.1. The number of hydrogen-bond acceptors (Lipinski definition) is 7. The molecule has 10 heteroatoms. The average molecular weight is 574 g/mol. The summed E-state index contributed by atoms with van der Waals surface area (Å²) in [4.78, 5) is 16.0. The number of hydrogen-bond donors (Lipinski definition) is 4. The Bertz CT molecular complexity index is 1400. The quantitative estimate of drug-likeness (QED) is 0.188. The first-order chi connectivity index (χ1) is 20.0. The monoisotopic (exact) mass is 573 g/mol. The number of H-pyrrole nitrogens is 1. The molecule has 0 spiro atoms. The minimum atomic E-state index is -0.546. The first kappa shape index (κ1) is 28.8. The molecule has 0 radical (unpaired) electrons. The molecule has 2 amide bonds. The van der Waals surface area contributed by atoms with Crippen molar-refractivity contribution < 1.29 is 19.4 Å². The predicted molar refractivity (Wildman–Crippen MR) is 158 cm³/mol. The van der Waals surface area contributed by atoms with Gasteiger partial charge in [0.15, 0.2) is 11.4 Å². The van der Waals surface area contributed by atoms with Crippen LogP contribution in [0.4, 0.5) is 4.79 Å². The number of nitrogens with one attached hydrogen (secondary N) is 3. The second-order valence-electron chi connectivity index (χ2n) is 9.96. The van der Waals surface area contributed by atoms with Gasteiger partial charge in [-0.25, -0.2) is 9.78 Å². The maximum atomic E-state index is 11.8. The van der Waals surface area contributed by atoms with Gasteiger partial charge in [0.25, 0.3) is 0 Å². The van der Waals surface area contributed by atoms with Gasteiger partial charge < -0.3 is 25.2 Å². The maximum absolute atomic E-state index is 11.8. The van der Waals surface area contributed by atoms with Crippen LogP contribution in [0.5, 0.6) is 0 Å². The van der Waals surface area contributed by atoms with Crippen LogP contribution in [0.1, 0.15) is 48.5 Å². The molecule has 41 heavy (non-hydrogen) atoms. The lowest BCUT2D eigenvalue weighted by Gasteiger charge is -2.41. The van der Waals surface area contributed by atoms with Crippen LogP contribution >= 0.6 is 11.8 Å². The van der Waals surface area contributed by atoms with E-state index in [4.69, 9.17) is 9.47 Å². The minimum absolute atomic E-state index is 0.00347. The average Bonchev–Trinajstić information content (AvgIpc) is 3.54. The van der Waals surface area contributed by atoms with Gasteiger partial charge in [0.1, 0.15) is 6.33 Å². The van der Waals surface area contributed by atoms with Crippen LogP contribution in [0.3, 0.4) is 0 Å². The van der Waals surface area contributed by atoms with E-state index < -0.39 is 6.29 Å². The van der Waals surface area contributed by atoms with E-state index in [1.54, 1.807) is 11.8 Å². The molecule has 0 aliphatic carbocycles. The van der Waals surface area contributed by atoms with Crippen LogP contribution in [0.15, 0.2) is 84.3 Å². The molecule has 0 bridgehead atoms. The summed E-state index contributed by atoms with van der Waals surface area (Å²) < 4.78 is 13.1. The second-order valence-corrected chi connectivity index (χ2v) is 11.0. The normalized spacial score (nSPS) is 20.5. The number of rotatable bonds is 10. The Kier molecular flexibility index (Phi) is 9.68. The summed E-state index contributed by atoms with van der Waals surface area (Å²) in [6.45, 7) is 5.07. The number of nitrogens with zero attached hydrogens (tertiary/aromatic N) is 2. The summed E-state index contributed by atoms with van der Waals surface area (Å²) in [5, 5.41) is 22.7. The van der Waals surface area contributed by atoms with Crippen molar-refractivity contribution in [1.29, 1.82) is 0 Å². The van der Waals surface area contributed by atoms with E-state index in [0.29, 0.717) is 18.8 Å². The highest BCUT2D eigenvalue weighted by atomic mass is 32.2. The van der Waals surface area contributed by atoms with E-state index >= 15 is 0 Å². The third-order valence-electron chi connectivity index (χ3n) is 7.13. The number of thioether (sulfide) groups is 1. The van der Waals surface area contributed by atoms with Crippen molar-refractivity contribution in [3.63, 3.8) is 0 Å². The van der Waals surface area contributed by atoms with E-state index in [-0.39, 0.29) is 30.8 Å². The Morgan fingerprint density at radius 1 is 0.976 bits per heavy atom. The fraction of sp³-hybridized carbons (Fsp3) is 0.323. The Balaban J connectivity index is 1.33. The summed E-state index contributed by atoms with van der Waals surface area (Å²) in [5.74, 6) is 0.771. The molecular formula is C31H35N5O4S. The molecule has 214 valence electrons. The standard InChI is InChI=1S/C31H35N5O4S/c1-3-32-30(38)33-16-22-5-4-6-26(15-22)23-11-13-25(14-12-23)29-39-27(18-41-31-34-19-35-36-31)20(2)28(40-29)24-9-7-21(17-37)8-10-24/h4-15,19-20,27-29,37H,3,16-18H2,1-2H3,(H2,32,33,38)(H,34,35,36). The lowest BCUT2D eigenvalue weighted by Crippen LogP contribution is -2.38. The van der Waals surface area contributed by atoms with Gasteiger partial charge in [0.2, 0.25) is 0 Å². The SMILES string of the molecule is CCNC(=O)NCc1cccc(-c2ccc(C3OC(CSc4ncn[nH]4)C(C)C(c4ccc(CO)cc4)O3)cc2)c1. The van der Waals surface area contributed by atoms with Gasteiger partial charge in [0.05, 0.1) is 18.8 Å². The van der Waals surface area contributed by atoms with E-state index in [1.807, 2.05) is 55.5 Å². The van der Waals surface area contributed by atoms with Gasteiger partial charge in [-0.05, 0) is 40.8 Å². The molecule has 9 nitrogen and oxygen atoms in total. The van der Waals surface area contributed by atoms with Crippen LogP contribution in [-0.2, 0) is 22.6 Å². The van der Waals surface area contributed by atoms with Crippen molar-refractivity contribution in [3.8, 4) is 11.1 Å². The van der Waals surface area contributed by atoms with Crippen molar-refractivity contribution in [1.82, 2.24) is 25.8 Å². The number of carbonyl (C=O) groups is 1. The van der Waals surface area contributed by atoms with Crippen LogP contribution in [-0.4, -0.2) is 44.7 Å². The molecule has 1 fully saturated rings. The molecule has 2 heterocycles. The summed E-state index contributed by atoms with van der Waals surface area (Å²) in [6, 6.07) is 24.1. The first-order valence-corrected chi connectivity index (χ1v) is 14.7. The summed E-state index contributed by atoms with van der Waals surface area (Å²) in [5.41, 5.74) is 5.99. The Hall–Kier alpha value is -3.70. The van der Waals surface area contributed by atoms with Gasteiger partial charge >= 0.3 is 6.03 Å².